The molecule has 4 nitrogen and oxygen atoms in total. The highest BCUT2D eigenvalue weighted by atomic mass is 35.5. The van der Waals surface area contributed by atoms with Crippen LogP contribution in [0.15, 0.2) is 47.4 Å². The zero-order valence-corrected chi connectivity index (χ0v) is 14.1. The van der Waals surface area contributed by atoms with E-state index in [-0.39, 0.29) is 5.97 Å². The SMILES string of the molecule is COC(=O)CCSc1cccc(Cl)c1-c1nc2ccccc2[nH]1. The Hall–Kier alpha value is -1.98. The molecule has 0 unspecified atom stereocenters. The summed E-state index contributed by atoms with van der Waals surface area (Å²) in [5.41, 5.74) is 2.72. The Morgan fingerprint density at radius 1 is 1.26 bits per heavy atom. The minimum atomic E-state index is -0.218. The van der Waals surface area contributed by atoms with Crippen LogP contribution in [0.25, 0.3) is 22.4 Å². The molecule has 0 saturated carbocycles. The van der Waals surface area contributed by atoms with Crippen molar-refractivity contribution in [1.29, 1.82) is 0 Å². The number of methoxy groups -OCH3 is 1. The molecule has 0 amide bonds. The van der Waals surface area contributed by atoms with Gasteiger partial charge in [-0.2, -0.15) is 0 Å². The van der Waals surface area contributed by atoms with E-state index in [0.29, 0.717) is 17.2 Å². The summed E-state index contributed by atoms with van der Waals surface area (Å²) in [4.78, 5) is 20.2. The number of imidazole rings is 1. The minimum Gasteiger partial charge on any atom is -0.469 e. The van der Waals surface area contributed by atoms with Gasteiger partial charge in [0.15, 0.2) is 0 Å². The lowest BCUT2D eigenvalue weighted by molar-refractivity contribution is -0.140. The zero-order valence-electron chi connectivity index (χ0n) is 12.5. The number of carbonyl (C=O) groups excluding carboxylic acids is 1. The van der Waals surface area contributed by atoms with Crippen LogP contribution in [0.2, 0.25) is 5.02 Å². The minimum absolute atomic E-state index is 0.218. The van der Waals surface area contributed by atoms with Crippen LogP contribution < -0.4 is 0 Å². The molecule has 0 aliphatic heterocycles. The number of para-hydroxylation sites is 2. The molecule has 1 heterocycles. The summed E-state index contributed by atoms with van der Waals surface area (Å²) < 4.78 is 4.67. The largest absolute Gasteiger partial charge is 0.469 e. The molecule has 6 heteroatoms. The van der Waals surface area contributed by atoms with E-state index in [0.717, 1.165) is 27.3 Å². The molecule has 1 N–H and O–H groups in total. The van der Waals surface area contributed by atoms with E-state index in [1.54, 1.807) is 11.8 Å². The molecular formula is C17H15ClN2O2S. The molecule has 3 rings (SSSR count). The predicted octanol–water partition coefficient (Wildman–Crippen LogP) is 4.54. The fourth-order valence-corrected chi connectivity index (χ4v) is 3.61. The summed E-state index contributed by atoms with van der Waals surface area (Å²) in [6.07, 6.45) is 0.354. The Kier molecular flexibility index (Phi) is 4.88. The first-order valence-electron chi connectivity index (χ1n) is 7.12. The number of esters is 1. The maximum absolute atomic E-state index is 11.3. The van der Waals surface area contributed by atoms with E-state index >= 15 is 0 Å². The van der Waals surface area contributed by atoms with Gasteiger partial charge in [0.05, 0.1) is 29.6 Å². The van der Waals surface area contributed by atoms with Crippen LogP contribution in [-0.2, 0) is 9.53 Å². The third kappa shape index (κ3) is 3.51. The number of nitrogens with zero attached hydrogens (tertiary/aromatic N) is 1. The Balaban J connectivity index is 1.93. The van der Waals surface area contributed by atoms with Crippen molar-refractivity contribution < 1.29 is 9.53 Å². The standard InChI is InChI=1S/C17H15ClN2O2S/c1-22-15(21)9-10-23-14-8-4-5-11(18)16(14)17-19-12-6-2-3-7-13(12)20-17/h2-8H,9-10H2,1H3,(H,19,20). The van der Waals surface area contributed by atoms with Crippen molar-refractivity contribution in [2.45, 2.75) is 11.3 Å². The van der Waals surface area contributed by atoms with E-state index in [9.17, 15) is 4.79 Å². The highest BCUT2D eigenvalue weighted by molar-refractivity contribution is 7.99. The number of H-pyrrole nitrogens is 1. The zero-order chi connectivity index (χ0) is 16.2. The highest BCUT2D eigenvalue weighted by Crippen LogP contribution is 2.36. The molecule has 1 aromatic heterocycles. The molecule has 23 heavy (non-hydrogen) atoms. The van der Waals surface area contributed by atoms with Crippen molar-refractivity contribution in [2.24, 2.45) is 0 Å². The second-order valence-corrected chi connectivity index (χ2v) is 6.43. The molecule has 118 valence electrons. The molecule has 0 spiro atoms. The van der Waals surface area contributed by atoms with Gasteiger partial charge in [-0.25, -0.2) is 4.98 Å². The van der Waals surface area contributed by atoms with Gasteiger partial charge >= 0.3 is 5.97 Å². The second-order valence-electron chi connectivity index (χ2n) is 4.89. The summed E-state index contributed by atoms with van der Waals surface area (Å²) in [5.74, 6) is 1.14. The van der Waals surface area contributed by atoms with E-state index in [4.69, 9.17) is 11.6 Å². The van der Waals surface area contributed by atoms with Crippen LogP contribution in [0, 0.1) is 0 Å². The van der Waals surface area contributed by atoms with Crippen LogP contribution in [0.5, 0.6) is 0 Å². The van der Waals surface area contributed by atoms with Crippen molar-refractivity contribution in [2.75, 3.05) is 12.9 Å². The maximum atomic E-state index is 11.3. The summed E-state index contributed by atoms with van der Waals surface area (Å²) >= 11 is 7.96. The van der Waals surface area contributed by atoms with Gasteiger partial charge in [0, 0.05) is 16.2 Å². The second kappa shape index (κ2) is 7.06. The summed E-state index contributed by atoms with van der Waals surface area (Å²) in [6.45, 7) is 0. The molecule has 0 bridgehead atoms. The molecule has 0 fully saturated rings. The van der Waals surface area contributed by atoms with Crippen molar-refractivity contribution in [3.05, 3.63) is 47.5 Å². The van der Waals surface area contributed by atoms with Gasteiger partial charge in [-0.3, -0.25) is 4.79 Å². The number of thioether (sulfide) groups is 1. The number of ether oxygens (including phenoxy) is 1. The fraction of sp³-hybridized carbons (Fsp3) is 0.176. The monoisotopic (exact) mass is 346 g/mol. The van der Waals surface area contributed by atoms with Gasteiger partial charge in [-0.15, -0.1) is 11.8 Å². The van der Waals surface area contributed by atoms with Crippen molar-refractivity contribution in [3.8, 4) is 11.4 Å². The lowest BCUT2D eigenvalue weighted by Gasteiger charge is -2.08. The van der Waals surface area contributed by atoms with Gasteiger partial charge in [0.25, 0.3) is 0 Å². The Morgan fingerprint density at radius 2 is 2.09 bits per heavy atom. The van der Waals surface area contributed by atoms with E-state index in [1.165, 1.54) is 7.11 Å². The molecule has 2 aromatic carbocycles. The number of carbonyl (C=O) groups is 1. The number of halogens is 1. The van der Waals surface area contributed by atoms with Crippen LogP contribution in [0.3, 0.4) is 0 Å². The van der Waals surface area contributed by atoms with Gasteiger partial charge in [-0.05, 0) is 24.3 Å². The normalized spacial score (nSPS) is 10.9. The number of aromatic nitrogens is 2. The first kappa shape index (κ1) is 15.9. The van der Waals surface area contributed by atoms with Crippen molar-refractivity contribution >= 4 is 40.4 Å². The van der Waals surface area contributed by atoms with E-state index < -0.39 is 0 Å². The summed E-state index contributed by atoms with van der Waals surface area (Å²) in [6, 6.07) is 13.6. The molecule has 0 radical (unpaired) electrons. The molecular weight excluding hydrogens is 332 g/mol. The molecule has 0 aliphatic carbocycles. The number of fused-ring (bicyclic) bond motifs is 1. The number of benzene rings is 2. The van der Waals surface area contributed by atoms with Crippen LogP contribution >= 0.6 is 23.4 Å². The van der Waals surface area contributed by atoms with Gasteiger partial charge in [-0.1, -0.05) is 29.8 Å². The number of aromatic amines is 1. The number of hydrogen-bond donors (Lipinski definition) is 1. The van der Waals surface area contributed by atoms with E-state index in [2.05, 4.69) is 14.7 Å². The van der Waals surface area contributed by atoms with Crippen molar-refractivity contribution in [3.63, 3.8) is 0 Å². The Bertz CT molecular complexity index is 814. The number of nitrogens with one attached hydrogen (secondary N) is 1. The Morgan fingerprint density at radius 3 is 2.87 bits per heavy atom. The fourth-order valence-electron chi connectivity index (χ4n) is 2.27. The molecule has 0 atom stereocenters. The Labute approximate surface area is 143 Å². The number of rotatable bonds is 5. The molecule has 0 saturated heterocycles. The van der Waals surface area contributed by atoms with Gasteiger partial charge in [0.2, 0.25) is 0 Å². The van der Waals surface area contributed by atoms with E-state index in [1.807, 2.05) is 42.5 Å². The van der Waals surface area contributed by atoms with Crippen LogP contribution in [0.1, 0.15) is 6.42 Å². The lowest BCUT2D eigenvalue weighted by atomic mass is 10.2. The third-order valence-electron chi connectivity index (χ3n) is 3.39. The summed E-state index contributed by atoms with van der Waals surface area (Å²) in [5, 5.41) is 0.632. The number of hydrogen-bond acceptors (Lipinski definition) is 4. The smallest absolute Gasteiger partial charge is 0.306 e. The third-order valence-corrected chi connectivity index (χ3v) is 4.77. The highest BCUT2D eigenvalue weighted by Gasteiger charge is 2.14. The molecule has 3 aromatic rings. The topological polar surface area (TPSA) is 55.0 Å². The maximum Gasteiger partial charge on any atom is 0.306 e. The van der Waals surface area contributed by atoms with Gasteiger partial charge in [0.1, 0.15) is 5.82 Å². The van der Waals surface area contributed by atoms with Gasteiger partial charge < -0.3 is 9.72 Å². The molecule has 0 aliphatic rings. The van der Waals surface area contributed by atoms with Crippen molar-refractivity contribution in [1.82, 2.24) is 9.97 Å². The quantitative estimate of drug-likeness (QED) is 0.544. The lowest BCUT2D eigenvalue weighted by Crippen LogP contribution is -2.01. The first-order valence-corrected chi connectivity index (χ1v) is 8.48. The summed E-state index contributed by atoms with van der Waals surface area (Å²) in [7, 11) is 1.40. The van der Waals surface area contributed by atoms with Crippen LogP contribution in [0.4, 0.5) is 0 Å². The average Bonchev–Trinajstić information content (AvgIpc) is 2.98. The van der Waals surface area contributed by atoms with Crippen LogP contribution in [-0.4, -0.2) is 28.8 Å². The average molecular weight is 347 g/mol. The first-order chi connectivity index (χ1) is 11.2. The predicted molar refractivity (Wildman–Crippen MR) is 93.9 cm³/mol.